The third-order valence-corrected chi connectivity index (χ3v) is 6.65. The van der Waals surface area contributed by atoms with Crippen molar-refractivity contribution in [2.45, 2.75) is 46.3 Å². The molecular weight excluding hydrogens is 508 g/mol. The summed E-state index contributed by atoms with van der Waals surface area (Å²) >= 11 is 0. The fourth-order valence-corrected chi connectivity index (χ4v) is 4.72. The fourth-order valence-electron chi connectivity index (χ4n) is 4.72. The molecule has 3 aromatic carbocycles. The molecule has 4 rings (SSSR count). The highest BCUT2D eigenvalue weighted by molar-refractivity contribution is 5.91. The Morgan fingerprint density at radius 1 is 0.900 bits per heavy atom. The van der Waals surface area contributed by atoms with Gasteiger partial charge in [0.2, 0.25) is 0 Å². The summed E-state index contributed by atoms with van der Waals surface area (Å²) in [5, 5.41) is 2.97. The number of nitrogens with zero attached hydrogens (tertiary/aromatic N) is 3. The van der Waals surface area contributed by atoms with E-state index in [1.807, 2.05) is 62.4 Å². The molecule has 1 aromatic heterocycles. The summed E-state index contributed by atoms with van der Waals surface area (Å²) in [6.45, 7) is 7.62. The summed E-state index contributed by atoms with van der Waals surface area (Å²) in [7, 11) is 0. The number of para-hydroxylation sites is 4. The van der Waals surface area contributed by atoms with E-state index in [-0.39, 0.29) is 18.8 Å². The van der Waals surface area contributed by atoms with Crippen LogP contribution in [0.15, 0.2) is 83.7 Å². The number of anilines is 1. The van der Waals surface area contributed by atoms with Crippen LogP contribution in [0.2, 0.25) is 0 Å². The lowest BCUT2D eigenvalue weighted by atomic mass is 10.0. The summed E-state index contributed by atoms with van der Waals surface area (Å²) in [6.07, 6.45) is 0. The lowest BCUT2D eigenvalue weighted by molar-refractivity contribution is -0.143. The van der Waals surface area contributed by atoms with Gasteiger partial charge in [-0.3, -0.25) is 14.2 Å². The van der Waals surface area contributed by atoms with Gasteiger partial charge in [-0.2, -0.15) is 0 Å². The molecule has 1 N–H and O–H groups in total. The number of benzene rings is 3. The molecule has 0 spiro atoms. The minimum absolute atomic E-state index is 0.138. The number of amides is 2. The summed E-state index contributed by atoms with van der Waals surface area (Å²) < 4.78 is 12.2. The number of rotatable bonds is 10. The Morgan fingerprint density at radius 3 is 2.30 bits per heavy atom. The lowest BCUT2D eigenvalue weighted by Gasteiger charge is -2.35. The maximum Gasteiger partial charge on any atom is 0.326 e. The van der Waals surface area contributed by atoms with E-state index in [1.165, 1.54) is 4.57 Å². The second-order valence-electron chi connectivity index (χ2n) is 9.21. The number of esters is 1. The van der Waals surface area contributed by atoms with Gasteiger partial charge in [-0.25, -0.2) is 9.78 Å². The molecule has 208 valence electrons. The Balaban J connectivity index is 1.81. The minimum atomic E-state index is -0.764. The summed E-state index contributed by atoms with van der Waals surface area (Å²) in [6, 6.07) is 22.2. The van der Waals surface area contributed by atoms with Gasteiger partial charge in [-0.15, -0.1) is 0 Å². The highest BCUT2D eigenvalue weighted by Crippen LogP contribution is 2.32. The lowest BCUT2D eigenvalue weighted by Crippen LogP contribution is -2.42. The van der Waals surface area contributed by atoms with Crippen LogP contribution in [0, 0.1) is 0 Å². The average molecular weight is 543 g/mol. The van der Waals surface area contributed by atoms with E-state index < -0.39 is 29.6 Å². The second kappa shape index (κ2) is 12.9. The molecule has 4 aromatic rings. The van der Waals surface area contributed by atoms with Gasteiger partial charge in [0.1, 0.15) is 18.0 Å². The van der Waals surface area contributed by atoms with Gasteiger partial charge >= 0.3 is 12.0 Å². The molecule has 2 atom stereocenters. The minimum Gasteiger partial charge on any atom is -0.492 e. The Morgan fingerprint density at radius 2 is 1.57 bits per heavy atom. The smallest absolute Gasteiger partial charge is 0.326 e. The molecule has 2 unspecified atom stereocenters. The van der Waals surface area contributed by atoms with E-state index in [0.717, 1.165) is 5.56 Å². The third-order valence-electron chi connectivity index (χ3n) is 6.65. The van der Waals surface area contributed by atoms with Crippen LogP contribution < -0.4 is 15.6 Å². The molecule has 0 saturated heterocycles. The van der Waals surface area contributed by atoms with Crippen LogP contribution in [-0.4, -0.2) is 39.7 Å². The number of hydrogen-bond donors (Lipinski definition) is 1. The van der Waals surface area contributed by atoms with Gasteiger partial charge in [-0.05, 0) is 57.5 Å². The number of carbonyl (C=O) groups is 2. The first-order valence-electron chi connectivity index (χ1n) is 13.4. The molecule has 40 heavy (non-hydrogen) atoms. The Labute approximate surface area is 233 Å². The Hall–Kier alpha value is -4.66. The van der Waals surface area contributed by atoms with Crippen LogP contribution in [0.1, 0.15) is 51.0 Å². The first-order chi connectivity index (χ1) is 19.3. The zero-order valence-corrected chi connectivity index (χ0v) is 23.2. The van der Waals surface area contributed by atoms with Gasteiger partial charge in [0.25, 0.3) is 5.56 Å². The van der Waals surface area contributed by atoms with E-state index in [4.69, 9.17) is 14.5 Å². The van der Waals surface area contributed by atoms with Crippen LogP contribution in [0.3, 0.4) is 0 Å². The van der Waals surface area contributed by atoms with E-state index in [9.17, 15) is 14.4 Å². The monoisotopic (exact) mass is 542 g/mol. The molecule has 0 aliphatic rings. The molecule has 9 nitrogen and oxygen atoms in total. The Kier molecular flexibility index (Phi) is 9.16. The molecular formula is C31H34N4O5. The maximum atomic E-state index is 14.0. The molecule has 0 aliphatic heterocycles. The van der Waals surface area contributed by atoms with E-state index in [1.54, 1.807) is 49.1 Å². The molecule has 0 fully saturated rings. The van der Waals surface area contributed by atoms with Gasteiger partial charge in [-0.1, -0.05) is 54.6 Å². The highest BCUT2D eigenvalue weighted by Gasteiger charge is 2.32. The molecule has 0 radical (unpaired) electrons. The first kappa shape index (κ1) is 28.4. The number of carbonyl (C=O) groups excluding carboxylic acids is 2. The van der Waals surface area contributed by atoms with Crippen LogP contribution >= 0.6 is 0 Å². The van der Waals surface area contributed by atoms with Crippen LogP contribution in [0.4, 0.5) is 10.5 Å². The van der Waals surface area contributed by atoms with Crippen molar-refractivity contribution in [1.29, 1.82) is 0 Å². The van der Waals surface area contributed by atoms with E-state index >= 15 is 0 Å². The quantitative estimate of drug-likeness (QED) is 0.257. The van der Waals surface area contributed by atoms with Crippen molar-refractivity contribution in [2.24, 2.45) is 0 Å². The van der Waals surface area contributed by atoms with Crippen molar-refractivity contribution in [1.82, 2.24) is 14.5 Å². The van der Waals surface area contributed by atoms with Gasteiger partial charge in [0.05, 0.1) is 42.0 Å². The average Bonchev–Trinajstić information content (AvgIpc) is 2.96. The summed E-state index contributed by atoms with van der Waals surface area (Å²) in [5.74, 6) is 0.0123. The highest BCUT2D eigenvalue weighted by atomic mass is 16.5. The topological polar surface area (TPSA) is 103 Å². The van der Waals surface area contributed by atoms with Crippen molar-refractivity contribution in [3.05, 3.63) is 100 Å². The number of urea groups is 1. The predicted molar refractivity (Wildman–Crippen MR) is 154 cm³/mol. The normalized spacial score (nSPS) is 12.4. The van der Waals surface area contributed by atoms with Crippen LogP contribution in [0.25, 0.3) is 11.0 Å². The largest absolute Gasteiger partial charge is 0.492 e. The van der Waals surface area contributed by atoms with Gasteiger partial charge in [0, 0.05) is 0 Å². The number of nitrogens with one attached hydrogen (secondary N) is 1. The third kappa shape index (κ3) is 6.14. The SMILES string of the molecule is CCOC(=O)Cn1c(=O)c(C(C)N(C(=O)Nc2ccccc2OCC)C(C)c2ccccc2)nc2ccccc21. The number of aromatic nitrogens is 2. The number of fused-ring (bicyclic) bond motifs is 1. The van der Waals surface area contributed by atoms with Gasteiger partial charge < -0.3 is 19.7 Å². The van der Waals surface area contributed by atoms with Crippen molar-refractivity contribution in [2.75, 3.05) is 18.5 Å². The maximum absolute atomic E-state index is 14.0. The Bertz CT molecular complexity index is 1540. The van der Waals surface area contributed by atoms with Crippen molar-refractivity contribution in [3.63, 3.8) is 0 Å². The molecule has 0 aliphatic carbocycles. The van der Waals surface area contributed by atoms with Crippen LogP contribution in [-0.2, 0) is 16.1 Å². The molecule has 2 amide bonds. The van der Waals surface area contributed by atoms with Crippen molar-refractivity contribution in [3.8, 4) is 5.75 Å². The predicted octanol–water partition coefficient (Wildman–Crippen LogP) is 5.71. The van der Waals surface area contributed by atoms with Gasteiger partial charge in [0.15, 0.2) is 0 Å². The zero-order valence-electron chi connectivity index (χ0n) is 23.2. The second-order valence-corrected chi connectivity index (χ2v) is 9.21. The first-order valence-corrected chi connectivity index (χ1v) is 13.4. The summed E-state index contributed by atoms with van der Waals surface area (Å²) in [4.78, 5) is 46.5. The van der Waals surface area contributed by atoms with Crippen LogP contribution in [0.5, 0.6) is 5.75 Å². The zero-order chi connectivity index (χ0) is 28.6. The van der Waals surface area contributed by atoms with Crippen molar-refractivity contribution >= 4 is 28.7 Å². The van der Waals surface area contributed by atoms with E-state index in [0.29, 0.717) is 29.1 Å². The fraction of sp³-hybridized carbons (Fsp3) is 0.290. The number of ether oxygens (including phenoxy) is 2. The van der Waals surface area contributed by atoms with Crippen molar-refractivity contribution < 1.29 is 19.1 Å². The molecule has 0 bridgehead atoms. The van der Waals surface area contributed by atoms with E-state index in [2.05, 4.69) is 5.32 Å². The molecule has 1 heterocycles. The molecule has 0 saturated carbocycles. The number of hydrogen-bond acceptors (Lipinski definition) is 6. The molecule has 9 heteroatoms. The standard InChI is InChI=1S/C31H34N4O5/c1-5-39-27-19-13-11-17-25(27)33-31(38)35(21(3)23-14-8-7-9-15-23)22(4)29-30(37)34(20-28(36)40-6-2)26-18-12-10-16-24(26)32-29/h7-19,21-22H,5-6,20H2,1-4H3,(H,33,38). The summed E-state index contributed by atoms with van der Waals surface area (Å²) in [5.41, 5.74) is 2.11.